The van der Waals surface area contributed by atoms with Crippen LogP contribution in [0.3, 0.4) is 0 Å². The largest absolute Gasteiger partial charge is 0.493 e. The molecule has 0 bridgehead atoms. The van der Waals surface area contributed by atoms with Gasteiger partial charge in [-0.2, -0.15) is 0 Å². The van der Waals surface area contributed by atoms with Gasteiger partial charge >= 0.3 is 0 Å². The lowest BCUT2D eigenvalue weighted by atomic mass is 9.98. The Balaban J connectivity index is 1.71. The number of carbonyl (C=O) groups is 1. The molecule has 2 aromatic carbocycles. The van der Waals surface area contributed by atoms with Crippen LogP contribution in [0.4, 0.5) is 0 Å². The molecule has 0 aliphatic carbocycles. The molecule has 0 fully saturated rings. The summed E-state index contributed by atoms with van der Waals surface area (Å²) in [5.74, 6) is 0.856. The van der Waals surface area contributed by atoms with Crippen LogP contribution in [0.15, 0.2) is 76.2 Å². The van der Waals surface area contributed by atoms with Gasteiger partial charge in [0.25, 0.3) is 5.91 Å². The van der Waals surface area contributed by atoms with Gasteiger partial charge in [0.15, 0.2) is 16.9 Å². The summed E-state index contributed by atoms with van der Waals surface area (Å²) in [5, 5.41) is 0.440. The van der Waals surface area contributed by atoms with E-state index in [2.05, 4.69) is 4.98 Å². The summed E-state index contributed by atoms with van der Waals surface area (Å²) in [6, 6.07) is 15.5. The van der Waals surface area contributed by atoms with Crippen molar-refractivity contribution in [3.05, 3.63) is 99.7 Å². The lowest BCUT2D eigenvalue weighted by molar-refractivity contribution is 0.0714. The third kappa shape index (κ3) is 3.51. The highest BCUT2D eigenvalue weighted by atomic mass is 16.5. The highest BCUT2D eigenvalue weighted by molar-refractivity contribution is 5.99. The number of hydrogen-bond acceptors (Lipinski definition) is 6. The molecule has 0 saturated heterocycles. The molecule has 3 heterocycles. The lowest BCUT2D eigenvalue weighted by Gasteiger charge is -2.25. The maximum Gasteiger partial charge on any atom is 0.291 e. The number of pyridine rings is 1. The number of hydrogen-bond donors (Lipinski definition) is 0. The van der Waals surface area contributed by atoms with Crippen LogP contribution in [0.25, 0.3) is 11.0 Å². The van der Waals surface area contributed by atoms with E-state index in [1.54, 1.807) is 54.7 Å². The van der Waals surface area contributed by atoms with Crippen LogP contribution >= 0.6 is 0 Å². The topological polar surface area (TPSA) is 81.9 Å². The molecule has 1 atom stereocenters. The Morgan fingerprint density at radius 2 is 1.91 bits per heavy atom. The van der Waals surface area contributed by atoms with Crippen LogP contribution in [-0.4, -0.2) is 29.5 Å². The Hall–Kier alpha value is -4.13. The molecule has 7 nitrogen and oxygen atoms in total. The third-order valence-electron chi connectivity index (χ3n) is 5.75. The average molecular weight is 442 g/mol. The zero-order valence-electron chi connectivity index (χ0n) is 18.3. The van der Waals surface area contributed by atoms with E-state index in [1.807, 2.05) is 31.2 Å². The summed E-state index contributed by atoms with van der Waals surface area (Å²) in [6.45, 7) is 2.65. The molecule has 1 aliphatic rings. The average Bonchev–Trinajstić information content (AvgIpc) is 3.12. The molecule has 0 saturated carbocycles. The fourth-order valence-corrected chi connectivity index (χ4v) is 4.29. The van der Waals surface area contributed by atoms with Crippen molar-refractivity contribution in [2.24, 2.45) is 0 Å². The Morgan fingerprint density at radius 3 is 2.67 bits per heavy atom. The molecule has 33 heavy (non-hydrogen) atoms. The van der Waals surface area contributed by atoms with Gasteiger partial charge in [-0.15, -0.1) is 0 Å². The first-order valence-corrected chi connectivity index (χ1v) is 10.7. The summed E-state index contributed by atoms with van der Waals surface area (Å²) in [4.78, 5) is 32.9. The number of ether oxygens (including phenoxy) is 2. The van der Waals surface area contributed by atoms with Gasteiger partial charge < -0.3 is 18.8 Å². The molecule has 4 aromatic rings. The van der Waals surface area contributed by atoms with Crippen molar-refractivity contribution in [2.45, 2.75) is 19.5 Å². The van der Waals surface area contributed by atoms with Crippen LogP contribution in [-0.2, 0) is 6.54 Å². The molecular formula is C26H22N2O5. The molecule has 0 radical (unpaired) electrons. The number of rotatable bonds is 6. The minimum atomic E-state index is -0.641. The summed E-state index contributed by atoms with van der Waals surface area (Å²) in [5.41, 5.74) is 2.08. The maximum atomic E-state index is 13.6. The van der Waals surface area contributed by atoms with Crippen LogP contribution < -0.4 is 14.9 Å². The molecule has 0 unspecified atom stereocenters. The van der Waals surface area contributed by atoms with Gasteiger partial charge in [0.05, 0.1) is 30.7 Å². The zero-order valence-corrected chi connectivity index (χ0v) is 18.3. The van der Waals surface area contributed by atoms with Gasteiger partial charge in [0, 0.05) is 18.9 Å². The smallest absolute Gasteiger partial charge is 0.291 e. The number of nitrogens with zero attached hydrogens (tertiary/aromatic N) is 2. The molecule has 0 N–H and O–H groups in total. The number of amides is 1. The quantitative estimate of drug-likeness (QED) is 0.442. The van der Waals surface area contributed by atoms with E-state index in [0.717, 1.165) is 11.1 Å². The van der Waals surface area contributed by atoms with Crippen molar-refractivity contribution in [3.8, 4) is 11.5 Å². The molecule has 7 heteroatoms. The van der Waals surface area contributed by atoms with Crippen LogP contribution in [0.2, 0.25) is 0 Å². The zero-order chi connectivity index (χ0) is 22.9. The molecule has 166 valence electrons. The molecule has 5 rings (SSSR count). The summed E-state index contributed by atoms with van der Waals surface area (Å²) in [7, 11) is 1.56. The van der Waals surface area contributed by atoms with E-state index in [0.29, 0.717) is 34.6 Å². The van der Waals surface area contributed by atoms with Crippen LogP contribution in [0, 0.1) is 0 Å². The van der Waals surface area contributed by atoms with E-state index in [9.17, 15) is 9.59 Å². The second kappa shape index (κ2) is 8.43. The second-order valence-electron chi connectivity index (χ2n) is 7.71. The van der Waals surface area contributed by atoms with Crippen molar-refractivity contribution in [2.75, 3.05) is 13.7 Å². The molecule has 1 aliphatic heterocycles. The van der Waals surface area contributed by atoms with Crippen molar-refractivity contribution in [1.29, 1.82) is 0 Å². The van der Waals surface area contributed by atoms with Crippen LogP contribution in [0.1, 0.15) is 40.2 Å². The standard InChI is InChI=1S/C26H22N2O5/c1-3-32-20-11-10-17(13-21(20)31-2)23-22-24(29)18-8-4-5-9-19(18)33-25(22)26(30)28(23)15-16-7-6-12-27-14-16/h4-14,23H,3,15H2,1-2H3/t23-/m0/s1. The number of carbonyl (C=O) groups excluding carboxylic acids is 1. The number of benzene rings is 2. The van der Waals surface area contributed by atoms with Gasteiger partial charge in [0.1, 0.15) is 5.58 Å². The van der Waals surface area contributed by atoms with E-state index in [1.165, 1.54) is 0 Å². The fourth-order valence-electron chi connectivity index (χ4n) is 4.29. The molecule has 1 amide bonds. The van der Waals surface area contributed by atoms with Gasteiger partial charge in [-0.25, -0.2) is 0 Å². The van der Waals surface area contributed by atoms with Crippen molar-refractivity contribution < 1.29 is 18.7 Å². The number of para-hydroxylation sites is 1. The minimum absolute atomic E-state index is 0.0699. The van der Waals surface area contributed by atoms with Gasteiger partial charge in [-0.1, -0.05) is 24.3 Å². The second-order valence-corrected chi connectivity index (χ2v) is 7.71. The van der Waals surface area contributed by atoms with Crippen LogP contribution in [0.5, 0.6) is 11.5 Å². The van der Waals surface area contributed by atoms with Gasteiger partial charge in [0.2, 0.25) is 5.76 Å². The molecule has 2 aromatic heterocycles. The summed E-state index contributed by atoms with van der Waals surface area (Å²) < 4.78 is 17.1. The van der Waals surface area contributed by atoms with E-state index < -0.39 is 6.04 Å². The predicted molar refractivity (Wildman–Crippen MR) is 123 cm³/mol. The molecular weight excluding hydrogens is 420 g/mol. The van der Waals surface area contributed by atoms with Gasteiger partial charge in [-0.3, -0.25) is 14.6 Å². The van der Waals surface area contributed by atoms with Gasteiger partial charge in [-0.05, 0) is 48.4 Å². The first-order valence-electron chi connectivity index (χ1n) is 10.7. The Bertz CT molecular complexity index is 1400. The maximum absolute atomic E-state index is 13.6. The Labute approximate surface area is 190 Å². The molecule has 0 spiro atoms. The van der Waals surface area contributed by atoms with E-state index >= 15 is 0 Å². The first kappa shape index (κ1) is 20.8. The highest BCUT2D eigenvalue weighted by Crippen LogP contribution is 2.41. The number of methoxy groups -OCH3 is 1. The summed E-state index contributed by atoms with van der Waals surface area (Å²) >= 11 is 0. The Morgan fingerprint density at radius 1 is 1.06 bits per heavy atom. The van der Waals surface area contributed by atoms with E-state index in [-0.39, 0.29) is 23.6 Å². The Kier molecular flexibility index (Phi) is 5.30. The normalized spacial score (nSPS) is 15.0. The SMILES string of the molecule is CCOc1ccc([C@H]2c3c(oc4ccccc4c3=O)C(=O)N2Cc2cccnc2)cc1OC. The summed E-state index contributed by atoms with van der Waals surface area (Å²) in [6.07, 6.45) is 3.38. The monoisotopic (exact) mass is 442 g/mol. The first-order chi connectivity index (χ1) is 16.1. The highest BCUT2D eigenvalue weighted by Gasteiger charge is 2.43. The lowest BCUT2D eigenvalue weighted by Crippen LogP contribution is -2.29. The van der Waals surface area contributed by atoms with Crippen molar-refractivity contribution >= 4 is 16.9 Å². The predicted octanol–water partition coefficient (Wildman–Crippen LogP) is 4.34. The minimum Gasteiger partial charge on any atom is -0.493 e. The van der Waals surface area contributed by atoms with Crippen molar-refractivity contribution in [1.82, 2.24) is 9.88 Å². The van der Waals surface area contributed by atoms with Crippen molar-refractivity contribution in [3.63, 3.8) is 0 Å². The fraction of sp³-hybridized carbons (Fsp3) is 0.192. The number of aromatic nitrogens is 1. The van der Waals surface area contributed by atoms with E-state index in [4.69, 9.17) is 13.9 Å². The number of fused-ring (bicyclic) bond motifs is 2. The third-order valence-corrected chi connectivity index (χ3v) is 5.75.